The minimum absolute atomic E-state index is 0.0558. The van der Waals surface area contributed by atoms with Crippen molar-refractivity contribution >= 4 is 35.3 Å². The number of nitro benzene ring substituents is 1. The van der Waals surface area contributed by atoms with Gasteiger partial charge in [-0.15, -0.1) is 0 Å². The van der Waals surface area contributed by atoms with Crippen LogP contribution in [0.4, 0.5) is 16.2 Å². The Bertz CT molecular complexity index is 1330. The van der Waals surface area contributed by atoms with Crippen LogP contribution in [0.3, 0.4) is 0 Å². The first kappa shape index (κ1) is 25.7. The summed E-state index contributed by atoms with van der Waals surface area (Å²) >= 11 is 0. The molecule has 3 heterocycles. The number of carbonyl (C=O) groups is 3. The second-order valence-electron chi connectivity index (χ2n) is 10.4. The van der Waals surface area contributed by atoms with Crippen LogP contribution in [0, 0.1) is 24.0 Å². The summed E-state index contributed by atoms with van der Waals surface area (Å²) in [7, 11) is 0. The zero-order chi connectivity index (χ0) is 27.0. The van der Waals surface area contributed by atoms with Gasteiger partial charge in [0.05, 0.1) is 10.6 Å². The predicted octanol–water partition coefficient (Wildman–Crippen LogP) is 4.79. The second kappa shape index (κ2) is 10.4. The summed E-state index contributed by atoms with van der Waals surface area (Å²) in [5.74, 6) is -1.28. The van der Waals surface area contributed by atoms with E-state index in [0.29, 0.717) is 16.9 Å². The number of nitrogens with one attached hydrogen (secondary N) is 1. The molecule has 5 rings (SSSR count). The Balaban J connectivity index is 1.49. The molecular weight excluding hydrogens is 486 g/mol. The number of aromatic nitrogens is 1. The Morgan fingerprint density at radius 3 is 2.34 bits per heavy atom. The number of nitro groups is 1. The molecule has 1 N–H and O–H groups in total. The number of aryl methyl sites for hydroxylation is 1. The molecule has 2 aliphatic heterocycles. The molecule has 2 aromatic rings. The van der Waals surface area contributed by atoms with E-state index in [1.807, 2.05) is 36.6 Å². The van der Waals surface area contributed by atoms with Crippen LogP contribution in [0.1, 0.15) is 68.3 Å². The first-order chi connectivity index (χ1) is 18.3. The highest BCUT2D eigenvalue weighted by Crippen LogP contribution is 2.34. The van der Waals surface area contributed by atoms with Gasteiger partial charge in [-0.2, -0.15) is 0 Å². The van der Waals surface area contributed by atoms with Crippen molar-refractivity contribution in [1.82, 2.24) is 14.8 Å². The van der Waals surface area contributed by atoms with Gasteiger partial charge in [-0.05, 0) is 75.8 Å². The molecule has 4 amide bonds. The number of amides is 4. The minimum atomic E-state index is -0.710. The van der Waals surface area contributed by atoms with E-state index >= 15 is 0 Å². The Kier molecular flexibility index (Phi) is 7.05. The standard InChI is InChI=1S/C28H33N5O5/c1-18-15-20(16-23-26(34)29-28(36)32(27(23)35)21-9-5-3-6-10-21)19(2)31(18)22-11-12-24(25(17-22)33(37)38)30-13-7-4-8-14-30/h11-12,15-17,21H,3-10,13-14H2,1-2H3,(H,29,34,36)/b23-16+. The van der Waals surface area contributed by atoms with E-state index in [2.05, 4.69) is 10.2 Å². The number of rotatable bonds is 5. The molecule has 200 valence electrons. The van der Waals surface area contributed by atoms with Gasteiger partial charge in [0.2, 0.25) is 0 Å². The lowest BCUT2D eigenvalue weighted by Crippen LogP contribution is -2.58. The molecule has 0 atom stereocenters. The molecule has 3 aliphatic rings. The van der Waals surface area contributed by atoms with Gasteiger partial charge in [0.25, 0.3) is 17.5 Å². The third kappa shape index (κ3) is 4.70. The highest BCUT2D eigenvalue weighted by molar-refractivity contribution is 6.31. The number of anilines is 1. The van der Waals surface area contributed by atoms with Gasteiger partial charge in [0.1, 0.15) is 11.3 Å². The van der Waals surface area contributed by atoms with Gasteiger partial charge in [-0.1, -0.05) is 19.3 Å². The van der Waals surface area contributed by atoms with Crippen molar-refractivity contribution in [2.24, 2.45) is 0 Å². The Hall–Kier alpha value is -3.95. The lowest BCUT2D eigenvalue weighted by Gasteiger charge is -2.35. The van der Waals surface area contributed by atoms with Crippen LogP contribution in [0.2, 0.25) is 0 Å². The van der Waals surface area contributed by atoms with E-state index < -0.39 is 17.8 Å². The fraction of sp³-hybridized carbons (Fsp3) is 0.464. The van der Waals surface area contributed by atoms with E-state index in [0.717, 1.165) is 75.8 Å². The van der Waals surface area contributed by atoms with Gasteiger partial charge in [-0.3, -0.25) is 29.9 Å². The molecule has 10 nitrogen and oxygen atoms in total. The maximum absolute atomic E-state index is 13.3. The summed E-state index contributed by atoms with van der Waals surface area (Å²) in [5.41, 5.74) is 3.41. The topological polar surface area (TPSA) is 118 Å². The average Bonchev–Trinajstić information content (AvgIpc) is 3.19. The average molecular weight is 520 g/mol. The highest BCUT2D eigenvalue weighted by atomic mass is 16.6. The van der Waals surface area contributed by atoms with Crippen LogP contribution in [0.25, 0.3) is 11.8 Å². The molecule has 1 aliphatic carbocycles. The molecule has 2 saturated heterocycles. The van der Waals surface area contributed by atoms with E-state index in [4.69, 9.17) is 0 Å². The predicted molar refractivity (Wildman–Crippen MR) is 143 cm³/mol. The number of barbiturate groups is 1. The van der Waals surface area contributed by atoms with Crippen molar-refractivity contribution in [3.8, 4) is 5.69 Å². The Morgan fingerprint density at radius 1 is 0.974 bits per heavy atom. The molecule has 0 radical (unpaired) electrons. The lowest BCUT2D eigenvalue weighted by molar-refractivity contribution is -0.384. The summed E-state index contributed by atoms with van der Waals surface area (Å²) in [6.45, 7) is 5.32. The minimum Gasteiger partial charge on any atom is -0.366 e. The normalized spacial score (nSPS) is 20.3. The lowest BCUT2D eigenvalue weighted by atomic mass is 9.93. The summed E-state index contributed by atoms with van der Waals surface area (Å²) in [6, 6.07) is 6.24. The van der Waals surface area contributed by atoms with Gasteiger partial charge in [0, 0.05) is 36.6 Å². The van der Waals surface area contributed by atoms with E-state index in [9.17, 15) is 24.5 Å². The Labute approximate surface area is 221 Å². The van der Waals surface area contributed by atoms with Crippen LogP contribution in [-0.2, 0) is 9.59 Å². The van der Waals surface area contributed by atoms with Crippen LogP contribution in [-0.4, -0.2) is 51.4 Å². The highest BCUT2D eigenvalue weighted by Gasteiger charge is 2.40. The van der Waals surface area contributed by atoms with Gasteiger partial charge in [-0.25, -0.2) is 4.79 Å². The summed E-state index contributed by atoms with van der Waals surface area (Å²) in [5, 5.41) is 14.3. The van der Waals surface area contributed by atoms with Crippen LogP contribution >= 0.6 is 0 Å². The number of hydrogen-bond donors (Lipinski definition) is 1. The monoisotopic (exact) mass is 519 g/mol. The number of benzene rings is 1. The van der Waals surface area contributed by atoms with Gasteiger partial charge in [0.15, 0.2) is 0 Å². The number of carbonyl (C=O) groups excluding carboxylic acids is 3. The molecule has 3 fully saturated rings. The molecule has 0 spiro atoms. The number of piperidine rings is 1. The molecule has 1 aromatic carbocycles. The summed E-state index contributed by atoms with van der Waals surface area (Å²) < 4.78 is 1.88. The van der Waals surface area contributed by atoms with Crippen molar-refractivity contribution < 1.29 is 19.3 Å². The third-order valence-corrected chi connectivity index (χ3v) is 7.95. The number of hydrogen-bond acceptors (Lipinski definition) is 6. The molecule has 0 bridgehead atoms. The molecule has 1 saturated carbocycles. The SMILES string of the molecule is Cc1cc(/C=C2\C(=O)NC(=O)N(C3CCCCC3)C2=O)c(C)n1-c1ccc(N2CCCCC2)c([N+](=O)[O-])c1. The zero-order valence-electron chi connectivity index (χ0n) is 21.9. The van der Waals surface area contributed by atoms with E-state index in [1.54, 1.807) is 6.07 Å². The largest absolute Gasteiger partial charge is 0.366 e. The van der Waals surface area contributed by atoms with Crippen molar-refractivity contribution in [3.63, 3.8) is 0 Å². The maximum Gasteiger partial charge on any atom is 0.331 e. The Morgan fingerprint density at radius 2 is 1.66 bits per heavy atom. The smallest absolute Gasteiger partial charge is 0.331 e. The van der Waals surface area contributed by atoms with Crippen LogP contribution < -0.4 is 10.2 Å². The van der Waals surface area contributed by atoms with E-state index in [-0.39, 0.29) is 22.2 Å². The van der Waals surface area contributed by atoms with E-state index in [1.165, 1.54) is 11.0 Å². The molecular formula is C28H33N5O5. The van der Waals surface area contributed by atoms with Crippen molar-refractivity contribution in [3.05, 3.63) is 56.9 Å². The van der Waals surface area contributed by atoms with Crippen molar-refractivity contribution in [2.45, 2.75) is 71.3 Å². The number of urea groups is 1. The fourth-order valence-electron chi connectivity index (χ4n) is 6.03. The maximum atomic E-state index is 13.3. The molecule has 10 heteroatoms. The molecule has 38 heavy (non-hydrogen) atoms. The quantitative estimate of drug-likeness (QED) is 0.263. The van der Waals surface area contributed by atoms with Gasteiger partial charge >= 0.3 is 6.03 Å². The number of nitrogens with zero attached hydrogens (tertiary/aromatic N) is 4. The first-order valence-corrected chi connectivity index (χ1v) is 13.4. The fourth-order valence-corrected chi connectivity index (χ4v) is 6.03. The van der Waals surface area contributed by atoms with Crippen molar-refractivity contribution in [1.29, 1.82) is 0 Å². The van der Waals surface area contributed by atoms with Gasteiger partial charge < -0.3 is 9.47 Å². The summed E-state index contributed by atoms with van der Waals surface area (Å²) in [6.07, 6.45) is 9.13. The van der Waals surface area contributed by atoms with Crippen molar-refractivity contribution in [2.75, 3.05) is 18.0 Å². The first-order valence-electron chi connectivity index (χ1n) is 13.4. The third-order valence-electron chi connectivity index (χ3n) is 7.95. The number of imide groups is 2. The zero-order valence-corrected chi connectivity index (χ0v) is 21.9. The van der Waals surface area contributed by atoms with Crippen LogP contribution in [0.15, 0.2) is 29.8 Å². The second-order valence-corrected chi connectivity index (χ2v) is 10.4. The van der Waals surface area contributed by atoms with Crippen LogP contribution in [0.5, 0.6) is 0 Å². The summed E-state index contributed by atoms with van der Waals surface area (Å²) in [4.78, 5) is 53.5. The molecule has 0 unspecified atom stereocenters. The molecule has 1 aromatic heterocycles.